The van der Waals surface area contributed by atoms with Gasteiger partial charge >= 0.3 is 0 Å². The first kappa shape index (κ1) is 17.5. The van der Waals surface area contributed by atoms with Crippen molar-refractivity contribution >= 4 is 26.8 Å². The summed E-state index contributed by atoms with van der Waals surface area (Å²) < 4.78 is 28.5. The van der Waals surface area contributed by atoms with Crippen LogP contribution >= 0.6 is 0 Å². The first-order valence-electron chi connectivity index (χ1n) is 7.37. The quantitative estimate of drug-likeness (QED) is 0.840. The molecule has 2 aromatic rings. The highest BCUT2D eigenvalue weighted by molar-refractivity contribution is 7.87. The summed E-state index contributed by atoms with van der Waals surface area (Å²) in [5, 5.41) is 1.92. The maximum atomic E-state index is 12.4. The van der Waals surface area contributed by atoms with Crippen molar-refractivity contribution in [2.45, 2.75) is 26.3 Å². The van der Waals surface area contributed by atoms with Crippen LogP contribution in [-0.4, -0.2) is 37.1 Å². The van der Waals surface area contributed by atoms with Gasteiger partial charge in [0.1, 0.15) is 5.78 Å². The monoisotopic (exact) mass is 335 g/mol. The summed E-state index contributed by atoms with van der Waals surface area (Å²) in [5.41, 5.74) is 0.883. The van der Waals surface area contributed by atoms with Crippen molar-refractivity contribution in [3.05, 3.63) is 42.2 Å². The van der Waals surface area contributed by atoms with E-state index in [4.69, 9.17) is 0 Å². The second-order valence-corrected chi connectivity index (χ2v) is 7.37. The fraction of sp³-hybridized carbons (Fsp3) is 0.375. The van der Waals surface area contributed by atoms with Crippen LogP contribution in [0.25, 0.3) is 10.8 Å². The lowest BCUT2D eigenvalue weighted by atomic mass is 10.0. The molecule has 1 atom stereocenters. The zero-order chi connectivity index (χ0) is 17.0. The van der Waals surface area contributed by atoms with Crippen LogP contribution in [0.3, 0.4) is 0 Å². The number of nitrogens with one attached hydrogen (secondary N) is 1. The number of nitrogens with zero attached hydrogens (tertiary/aromatic N) is 2. The molecule has 0 amide bonds. The highest BCUT2D eigenvalue weighted by Crippen LogP contribution is 2.24. The molecule has 0 fully saturated rings. The number of benzene rings is 1. The molecule has 0 unspecified atom stereocenters. The molecule has 0 spiro atoms. The van der Waals surface area contributed by atoms with Gasteiger partial charge < -0.3 is 0 Å². The Balaban J connectivity index is 2.20. The van der Waals surface area contributed by atoms with E-state index < -0.39 is 16.3 Å². The molecule has 124 valence electrons. The molecular formula is C16H21N3O3S. The largest absolute Gasteiger partial charge is 0.300 e. The summed E-state index contributed by atoms with van der Waals surface area (Å²) in [5.74, 6) is -0.0401. The zero-order valence-corrected chi connectivity index (χ0v) is 14.3. The van der Waals surface area contributed by atoms with Crippen LogP contribution in [0, 0.1) is 0 Å². The number of carbonyl (C=O) groups excluding carboxylic acids is 1. The first-order chi connectivity index (χ1) is 10.8. The van der Waals surface area contributed by atoms with Gasteiger partial charge in [-0.15, -0.1) is 0 Å². The van der Waals surface area contributed by atoms with E-state index >= 15 is 0 Å². The molecule has 1 aromatic heterocycles. The Morgan fingerprint density at radius 3 is 2.78 bits per heavy atom. The van der Waals surface area contributed by atoms with Crippen LogP contribution in [0.2, 0.25) is 0 Å². The minimum atomic E-state index is -3.66. The number of rotatable bonds is 7. The molecule has 6 nitrogen and oxygen atoms in total. The molecule has 0 aliphatic heterocycles. The molecule has 0 aliphatic rings. The van der Waals surface area contributed by atoms with E-state index in [1.807, 2.05) is 24.3 Å². The van der Waals surface area contributed by atoms with Crippen LogP contribution in [0.5, 0.6) is 0 Å². The molecule has 7 heteroatoms. The second kappa shape index (κ2) is 7.16. The molecule has 0 radical (unpaired) electrons. The third kappa shape index (κ3) is 4.34. The summed E-state index contributed by atoms with van der Waals surface area (Å²) in [7, 11) is -2.19. The Morgan fingerprint density at radius 1 is 1.35 bits per heavy atom. The second-order valence-electron chi connectivity index (χ2n) is 5.56. The number of ketones is 1. The van der Waals surface area contributed by atoms with Crippen LogP contribution < -0.4 is 4.72 Å². The molecule has 2 rings (SSSR count). The van der Waals surface area contributed by atoms with E-state index in [-0.39, 0.29) is 18.7 Å². The maximum Gasteiger partial charge on any atom is 0.279 e. The molecule has 0 bridgehead atoms. The number of Topliss-reactive ketones (excluding diaryl/α,β-unsaturated/α-hetero) is 1. The van der Waals surface area contributed by atoms with Crippen molar-refractivity contribution in [1.82, 2.24) is 14.0 Å². The molecule has 1 aromatic carbocycles. The van der Waals surface area contributed by atoms with Gasteiger partial charge in [-0.2, -0.15) is 17.4 Å². The predicted octanol–water partition coefficient (Wildman–Crippen LogP) is 2.04. The van der Waals surface area contributed by atoms with E-state index in [1.165, 1.54) is 14.0 Å². The van der Waals surface area contributed by atoms with Crippen molar-refractivity contribution in [3.63, 3.8) is 0 Å². The van der Waals surface area contributed by atoms with Gasteiger partial charge in [0.05, 0.1) is 0 Å². The van der Waals surface area contributed by atoms with Gasteiger partial charge in [-0.25, -0.2) is 0 Å². The highest BCUT2D eigenvalue weighted by atomic mass is 32.2. The van der Waals surface area contributed by atoms with Crippen molar-refractivity contribution in [2.75, 3.05) is 13.6 Å². The Kier molecular flexibility index (Phi) is 5.46. The van der Waals surface area contributed by atoms with Gasteiger partial charge in [0.25, 0.3) is 10.2 Å². The van der Waals surface area contributed by atoms with E-state index in [0.29, 0.717) is 0 Å². The smallest absolute Gasteiger partial charge is 0.279 e. The van der Waals surface area contributed by atoms with Gasteiger partial charge in [-0.3, -0.25) is 9.78 Å². The minimum Gasteiger partial charge on any atom is -0.300 e. The van der Waals surface area contributed by atoms with Gasteiger partial charge in [0.2, 0.25) is 0 Å². The lowest BCUT2D eigenvalue weighted by Gasteiger charge is -2.21. The van der Waals surface area contributed by atoms with Crippen molar-refractivity contribution < 1.29 is 13.2 Å². The van der Waals surface area contributed by atoms with Crippen LogP contribution in [0.15, 0.2) is 36.7 Å². The highest BCUT2D eigenvalue weighted by Gasteiger charge is 2.22. The summed E-state index contributed by atoms with van der Waals surface area (Å²) in [6.45, 7) is 3.41. The van der Waals surface area contributed by atoms with E-state index in [0.717, 1.165) is 20.6 Å². The summed E-state index contributed by atoms with van der Waals surface area (Å²) >= 11 is 0. The van der Waals surface area contributed by atoms with Crippen LogP contribution in [0.1, 0.15) is 31.9 Å². The Bertz CT molecular complexity index is 800. The van der Waals surface area contributed by atoms with Crippen LogP contribution in [0.4, 0.5) is 0 Å². The number of hydrogen-bond acceptors (Lipinski definition) is 4. The molecule has 0 aliphatic carbocycles. The number of pyridine rings is 1. The predicted molar refractivity (Wildman–Crippen MR) is 90.1 cm³/mol. The first-order valence-corrected chi connectivity index (χ1v) is 8.81. The van der Waals surface area contributed by atoms with Gasteiger partial charge in [-0.1, -0.05) is 18.2 Å². The van der Waals surface area contributed by atoms with Gasteiger partial charge in [0.15, 0.2) is 0 Å². The third-order valence-electron chi connectivity index (χ3n) is 3.70. The Labute approximate surface area is 136 Å². The average Bonchev–Trinajstić information content (AvgIpc) is 2.51. The number of hydrogen-bond donors (Lipinski definition) is 1. The van der Waals surface area contributed by atoms with E-state index in [9.17, 15) is 13.2 Å². The fourth-order valence-corrected chi connectivity index (χ4v) is 3.42. The lowest BCUT2D eigenvalue weighted by molar-refractivity contribution is -0.117. The van der Waals surface area contributed by atoms with Crippen molar-refractivity contribution in [2.24, 2.45) is 0 Å². The topological polar surface area (TPSA) is 79.4 Å². The summed E-state index contributed by atoms with van der Waals surface area (Å²) in [4.78, 5) is 15.1. The average molecular weight is 335 g/mol. The molecule has 23 heavy (non-hydrogen) atoms. The van der Waals surface area contributed by atoms with Crippen LogP contribution in [-0.2, 0) is 15.0 Å². The molecule has 1 N–H and O–H groups in total. The fourth-order valence-electron chi connectivity index (χ4n) is 2.34. The van der Waals surface area contributed by atoms with Crippen molar-refractivity contribution in [3.8, 4) is 0 Å². The molecule has 1 heterocycles. The Morgan fingerprint density at radius 2 is 2.09 bits per heavy atom. The Hall–Kier alpha value is -1.83. The zero-order valence-electron chi connectivity index (χ0n) is 13.5. The number of aromatic nitrogens is 1. The van der Waals surface area contributed by atoms with Gasteiger partial charge in [-0.05, 0) is 30.9 Å². The maximum absolute atomic E-state index is 12.4. The van der Waals surface area contributed by atoms with Crippen molar-refractivity contribution in [1.29, 1.82) is 0 Å². The molecule has 0 saturated heterocycles. The summed E-state index contributed by atoms with van der Waals surface area (Å²) in [6.07, 6.45) is 3.64. The van der Waals surface area contributed by atoms with E-state index in [1.54, 1.807) is 19.3 Å². The van der Waals surface area contributed by atoms with Gasteiger partial charge in [0, 0.05) is 43.8 Å². The standard InChI is InChI=1S/C16H21N3O3S/c1-12(20)8-10-19(3)23(21,22)18-13(2)15-6-4-5-14-11-17-9-7-16(14)15/h4-7,9,11,13,18H,8,10H2,1-3H3/t13-/m1/s1. The van der Waals surface area contributed by atoms with E-state index in [2.05, 4.69) is 9.71 Å². The summed E-state index contributed by atoms with van der Waals surface area (Å²) in [6, 6.07) is 7.18. The molecule has 0 saturated carbocycles. The number of carbonyl (C=O) groups is 1. The normalized spacial score (nSPS) is 13.4. The lowest BCUT2D eigenvalue weighted by Crippen LogP contribution is -2.40. The third-order valence-corrected chi connectivity index (χ3v) is 5.35. The molecular weight excluding hydrogens is 314 g/mol. The SMILES string of the molecule is CC(=O)CCN(C)S(=O)(=O)N[C@H](C)c1cccc2cnccc12. The minimum absolute atomic E-state index is 0.0401. The number of fused-ring (bicyclic) bond motifs is 1.